The van der Waals surface area contributed by atoms with Gasteiger partial charge in [0.05, 0.1) is 12.8 Å². The Hall–Kier alpha value is -3.77. The van der Waals surface area contributed by atoms with Gasteiger partial charge < -0.3 is 23.5 Å². The predicted molar refractivity (Wildman–Crippen MR) is 128 cm³/mol. The standard InChI is InChI=1S/C25H28N6O3/c1-19-4-2-5-20(16-19)29-11-13-30(14-12-29)23(32)18-28-7-9-31(10-8-28)25-21(17-26)27-24(34-25)22-6-3-15-33-22/h2-6,15-16H,7-14,18H2,1H3. The van der Waals surface area contributed by atoms with Crippen molar-refractivity contribution in [3.8, 4) is 17.7 Å². The Bertz CT molecular complexity index is 1170. The zero-order chi connectivity index (χ0) is 23.5. The molecule has 1 amide bonds. The van der Waals surface area contributed by atoms with Crippen LogP contribution in [0.15, 0.2) is 51.5 Å². The summed E-state index contributed by atoms with van der Waals surface area (Å²) in [5, 5.41) is 9.49. The highest BCUT2D eigenvalue weighted by Gasteiger charge is 2.28. The topological polar surface area (TPSA) is 93.0 Å². The molecule has 0 saturated carbocycles. The first-order chi connectivity index (χ1) is 16.6. The molecule has 2 saturated heterocycles. The van der Waals surface area contributed by atoms with E-state index in [1.165, 1.54) is 11.3 Å². The van der Waals surface area contributed by atoms with E-state index in [-0.39, 0.29) is 11.6 Å². The van der Waals surface area contributed by atoms with Gasteiger partial charge in [-0.1, -0.05) is 12.1 Å². The van der Waals surface area contributed by atoms with Crippen LogP contribution in [-0.2, 0) is 4.79 Å². The van der Waals surface area contributed by atoms with Crippen molar-refractivity contribution in [2.45, 2.75) is 6.92 Å². The molecule has 0 radical (unpaired) electrons. The number of nitriles is 1. The lowest BCUT2D eigenvalue weighted by Gasteiger charge is -2.38. The van der Waals surface area contributed by atoms with Crippen molar-refractivity contribution >= 4 is 17.5 Å². The van der Waals surface area contributed by atoms with Gasteiger partial charge in [-0.2, -0.15) is 10.2 Å². The van der Waals surface area contributed by atoms with Gasteiger partial charge in [-0.25, -0.2) is 0 Å². The van der Waals surface area contributed by atoms with Crippen molar-refractivity contribution in [1.29, 1.82) is 5.26 Å². The summed E-state index contributed by atoms with van der Waals surface area (Å²) in [6, 6.07) is 14.1. The van der Waals surface area contributed by atoms with E-state index in [1.54, 1.807) is 18.4 Å². The monoisotopic (exact) mass is 460 g/mol. The van der Waals surface area contributed by atoms with Crippen LogP contribution < -0.4 is 9.80 Å². The minimum absolute atomic E-state index is 0.176. The number of aromatic nitrogens is 1. The molecule has 0 unspecified atom stereocenters. The molecule has 2 aliphatic rings. The average molecular weight is 461 g/mol. The largest absolute Gasteiger partial charge is 0.459 e. The molecule has 176 valence electrons. The molecule has 0 bridgehead atoms. The van der Waals surface area contributed by atoms with Gasteiger partial charge in [0.2, 0.25) is 17.5 Å². The van der Waals surface area contributed by atoms with Crippen molar-refractivity contribution in [3.63, 3.8) is 0 Å². The van der Waals surface area contributed by atoms with Gasteiger partial charge in [-0.15, -0.1) is 0 Å². The van der Waals surface area contributed by atoms with E-state index >= 15 is 0 Å². The highest BCUT2D eigenvalue weighted by atomic mass is 16.4. The maximum absolute atomic E-state index is 12.9. The van der Waals surface area contributed by atoms with Crippen molar-refractivity contribution < 1.29 is 13.6 Å². The molecular formula is C25H28N6O3. The molecule has 5 rings (SSSR count). The molecule has 2 fully saturated rings. The van der Waals surface area contributed by atoms with Gasteiger partial charge in [0.25, 0.3) is 5.89 Å². The molecule has 9 heteroatoms. The molecular weight excluding hydrogens is 432 g/mol. The molecule has 34 heavy (non-hydrogen) atoms. The summed E-state index contributed by atoms with van der Waals surface area (Å²) in [6.45, 7) is 8.46. The van der Waals surface area contributed by atoms with Gasteiger partial charge in [0.15, 0.2) is 5.76 Å². The third-order valence-corrected chi connectivity index (χ3v) is 6.46. The molecule has 3 aromatic rings. The van der Waals surface area contributed by atoms with E-state index in [4.69, 9.17) is 8.83 Å². The summed E-state index contributed by atoms with van der Waals surface area (Å²) >= 11 is 0. The number of hydrogen-bond acceptors (Lipinski definition) is 8. The van der Waals surface area contributed by atoms with Crippen LogP contribution in [-0.4, -0.2) is 79.6 Å². The number of carbonyl (C=O) groups is 1. The summed E-state index contributed by atoms with van der Waals surface area (Å²) < 4.78 is 11.2. The molecule has 9 nitrogen and oxygen atoms in total. The Kier molecular flexibility index (Phi) is 6.23. The fraction of sp³-hybridized carbons (Fsp3) is 0.400. The van der Waals surface area contributed by atoms with Gasteiger partial charge in [-0.05, 0) is 36.8 Å². The van der Waals surface area contributed by atoms with Gasteiger partial charge in [0.1, 0.15) is 6.07 Å². The minimum atomic E-state index is 0.176. The van der Waals surface area contributed by atoms with E-state index in [0.29, 0.717) is 37.2 Å². The number of amides is 1. The fourth-order valence-corrected chi connectivity index (χ4v) is 4.54. The third kappa shape index (κ3) is 4.63. The number of anilines is 2. The first-order valence-corrected chi connectivity index (χ1v) is 11.6. The lowest BCUT2D eigenvalue weighted by molar-refractivity contribution is -0.132. The summed E-state index contributed by atoms with van der Waals surface area (Å²) in [7, 11) is 0. The smallest absolute Gasteiger partial charge is 0.266 e. The van der Waals surface area contributed by atoms with Gasteiger partial charge in [0, 0.05) is 58.0 Å². The Morgan fingerprint density at radius 3 is 2.47 bits per heavy atom. The first-order valence-electron chi connectivity index (χ1n) is 11.6. The van der Waals surface area contributed by atoms with E-state index in [0.717, 1.165) is 39.3 Å². The number of nitrogens with zero attached hydrogens (tertiary/aromatic N) is 6. The fourth-order valence-electron chi connectivity index (χ4n) is 4.54. The first kappa shape index (κ1) is 22.0. The van der Waals surface area contributed by atoms with Crippen molar-refractivity contribution in [2.75, 3.05) is 68.7 Å². The second kappa shape index (κ2) is 9.61. The zero-order valence-electron chi connectivity index (χ0n) is 19.3. The Balaban J connectivity index is 1.12. The number of carbonyl (C=O) groups excluding carboxylic acids is 1. The highest BCUT2D eigenvalue weighted by Crippen LogP contribution is 2.29. The summed E-state index contributed by atoms with van der Waals surface area (Å²) in [5.41, 5.74) is 2.73. The summed E-state index contributed by atoms with van der Waals surface area (Å²) in [5.74, 6) is 1.44. The number of piperazine rings is 2. The number of hydrogen-bond donors (Lipinski definition) is 0. The molecule has 0 atom stereocenters. The quantitative estimate of drug-likeness (QED) is 0.574. The van der Waals surface area contributed by atoms with E-state index < -0.39 is 0 Å². The van der Waals surface area contributed by atoms with Crippen LogP contribution in [0.4, 0.5) is 11.6 Å². The third-order valence-electron chi connectivity index (χ3n) is 6.46. The normalized spacial score (nSPS) is 17.1. The van der Waals surface area contributed by atoms with Crippen molar-refractivity contribution in [3.05, 3.63) is 53.9 Å². The SMILES string of the molecule is Cc1cccc(N2CCN(C(=O)CN3CCN(c4oc(-c5ccco5)nc4C#N)CC3)CC2)c1. The molecule has 4 heterocycles. The Morgan fingerprint density at radius 1 is 1.03 bits per heavy atom. The Morgan fingerprint density at radius 2 is 1.79 bits per heavy atom. The number of benzene rings is 1. The maximum atomic E-state index is 12.9. The average Bonchev–Trinajstić information content (AvgIpc) is 3.55. The van der Waals surface area contributed by atoms with Gasteiger partial charge in [-0.3, -0.25) is 9.69 Å². The molecule has 1 aromatic carbocycles. The summed E-state index contributed by atoms with van der Waals surface area (Å²) in [6.07, 6.45) is 1.55. The maximum Gasteiger partial charge on any atom is 0.266 e. The van der Waals surface area contributed by atoms with Crippen LogP contribution >= 0.6 is 0 Å². The molecule has 0 spiro atoms. The number of furan rings is 1. The van der Waals surface area contributed by atoms with Crippen LogP contribution in [0.5, 0.6) is 0 Å². The second-order valence-electron chi connectivity index (χ2n) is 8.73. The van der Waals surface area contributed by atoms with Crippen molar-refractivity contribution in [1.82, 2.24) is 14.8 Å². The van der Waals surface area contributed by atoms with Gasteiger partial charge >= 0.3 is 0 Å². The van der Waals surface area contributed by atoms with E-state index in [9.17, 15) is 10.1 Å². The van der Waals surface area contributed by atoms with E-state index in [2.05, 4.69) is 52.0 Å². The second-order valence-corrected chi connectivity index (χ2v) is 8.73. The molecule has 0 N–H and O–H groups in total. The van der Waals surface area contributed by atoms with E-state index in [1.807, 2.05) is 9.80 Å². The number of aryl methyl sites for hydroxylation is 1. The van der Waals surface area contributed by atoms with Crippen LogP contribution in [0.25, 0.3) is 11.7 Å². The highest BCUT2D eigenvalue weighted by molar-refractivity contribution is 5.78. The molecule has 2 aromatic heterocycles. The summed E-state index contributed by atoms with van der Waals surface area (Å²) in [4.78, 5) is 25.7. The predicted octanol–water partition coefficient (Wildman–Crippen LogP) is 2.59. The number of rotatable bonds is 5. The zero-order valence-corrected chi connectivity index (χ0v) is 19.3. The Labute approximate surface area is 198 Å². The van der Waals surface area contributed by atoms with Crippen LogP contribution in [0.1, 0.15) is 11.3 Å². The van der Waals surface area contributed by atoms with Crippen LogP contribution in [0.3, 0.4) is 0 Å². The van der Waals surface area contributed by atoms with Crippen LogP contribution in [0, 0.1) is 18.3 Å². The molecule has 2 aliphatic heterocycles. The lowest BCUT2D eigenvalue weighted by atomic mass is 10.2. The molecule has 0 aliphatic carbocycles. The van der Waals surface area contributed by atoms with Crippen molar-refractivity contribution in [2.24, 2.45) is 0 Å². The van der Waals surface area contributed by atoms with Crippen LogP contribution in [0.2, 0.25) is 0 Å². The minimum Gasteiger partial charge on any atom is -0.459 e. The lowest BCUT2D eigenvalue weighted by Crippen LogP contribution is -2.54. The number of oxazole rings is 1.